The Hall–Kier alpha value is -4.52. The van der Waals surface area contributed by atoms with Crippen LogP contribution >= 0.6 is 22.9 Å². The molecule has 1 aromatic heterocycles. The van der Waals surface area contributed by atoms with Crippen LogP contribution in [0.2, 0.25) is 5.02 Å². The number of carbonyl (C=O) groups excluding carboxylic acids is 3. The third-order valence-corrected chi connectivity index (χ3v) is 13.0. The first-order chi connectivity index (χ1) is 27.2. The number of nitrogens with zero attached hydrogens (tertiary/aromatic N) is 2. The van der Waals surface area contributed by atoms with Crippen LogP contribution in [-0.4, -0.2) is 95.7 Å². The molecule has 19 heteroatoms. The molecule has 0 aliphatic carbocycles. The predicted octanol–water partition coefficient (Wildman–Crippen LogP) is 7.76. The minimum Gasteiger partial charge on any atom is -0.479 e. The summed E-state index contributed by atoms with van der Waals surface area (Å²) < 4.78 is 76.4. The van der Waals surface area contributed by atoms with Gasteiger partial charge in [0, 0.05) is 36.8 Å². The number of nitrogens with one attached hydrogen (secondary N) is 2. The summed E-state index contributed by atoms with van der Waals surface area (Å²) in [5.74, 6) is -5.41. The molecular weight excluding hydrogens is 834 g/mol. The quantitative estimate of drug-likeness (QED) is 0.151. The number of amides is 2. The molecule has 2 fully saturated rings. The average Bonchev–Trinajstić information content (AvgIpc) is 3.39. The summed E-state index contributed by atoms with van der Waals surface area (Å²) in [5.41, 5.74) is -2.36. The van der Waals surface area contributed by atoms with E-state index in [0.717, 1.165) is 17.4 Å². The van der Waals surface area contributed by atoms with Crippen molar-refractivity contribution in [2.24, 2.45) is 5.92 Å². The van der Waals surface area contributed by atoms with E-state index < -0.39 is 80.6 Å². The highest BCUT2D eigenvalue weighted by atomic mass is 35.5. The highest BCUT2D eigenvalue weighted by Crippen LogP contribution is 2.48. The van der Waals surface area contributed by atoms with Crippen molar-refractivity contribution in [1.29, 1.82) is 0 Å². The summed E-state index contributed by atoms with van der Waals surface area (Å²) in [7, 11) is -3.99. The van der Waals surface area contributed by atoms with Crippen LogP contribution in [0.3, 0.4) is 0 Å². The van der Waals surface area contributed by atoms with Crippen molar-refractivity contribution >= 4 is 68.3 Å². The summed E-state index contributed by atoms with van der Waals surface area (Å²) in [6, 6.07) is 7.88. The highest BCUT2D eigenvalue weighted by molar-refractivity contribution is 7.88. The third-order valence-electron chi connectivity index (χ3n) is 9.32. The van der Waals surface area contributed by atoms with Gasteiger partial charge in [-0.2, -0.15) is 4.31 Å². The van der Waals surface area contributed by atoms with Crippen molar-refractivity contribution in [2.45, 2.75) is 96.8 Å². The monoisotopic (exact) mass is 882 g/mol. The lowest BCUT2D eigenvalue weighted by Gasteiger charge is -2.45. The van der Waals surface area contributed by atoms with Crippen LogP contribution in [0.15, 0.2) is 36.4 Å². The Balaban J connectivity index is 1.26. The van der Waals surface area contributed by atoms with E-state index in [-0.39, 0.29) is 75.1 Å². The molecule has 0 spiro atoms. The second-order valence-electron chi connectivity index (χ2n) is 17.1. The smallest absolute Gasteiger partial charge is 0.410 e. The molecule has 2 aliphatic heterocycles. The topological polar surface area (TPSA) is 181 Å². The normalized spacial score (nSPS) is 17.5. The Kier molecular flexibility index (Phi) is 13.3. The van der Waals surface area contributed by atoms with Gasteiger partial charge in [0.1, 0.15) is 22.0 Å². The minimum absolute atomic E-state index is 0.0181. The summed E-state index contributed by atoms with van der Waals surface area (Å²) in [6.45, 7) is 13.1. The van der Waals surface area contributed by atoms with E-state index in [1.807, 2.05) is 0 Å². The lowest BCUT2D eigenvalue weighted by Crippen LogP contribution is -2.55. The van der Waals surface area contributed by atoms with Crippen LogP contribution in [0.5, 0.6) is 5.75 Å². The van der Waals surface area contributed by atoms with Crippen molar-refractivity contribution in [3.63, 3.8) is 0 Å². The number of likely N-dealkylation sites (tertiary alicyclic amines) is 1. The Bertz CT molecular complexity index is 2230. The van der Waals surface area contributed by atoms with Crippen molar-refractivity contribution in [1.82, 2.24) is 9.21 Å². The van der Waals surface area contributed by atoms with Gasteiger partial charge in [-0.1, -0.05) is 29.8 Å². The van der Waals surface area contributed by atoms with Gasteiger partial charge in [0.05, 0.1) is 27.9 Å². The van der Waals surface area contributed by atoms with Crippen LogP contribution < -0.4 is 15.4 Å². The number of carboxylic acids is 1. The Morgan fingerprint density at radius 1 is 1.00 bits per heavy atom. The fourth-order valence-electron chi connectivity index (χ4n) is 6.75. The number of carboxylic acid groups (broad SMARTS) is 1. The van der Waals surface area contributed by atoms with Gasteiger partial charge in [-0.15, -0.1) is 11.3 Å². The van der Waals surface area contributed by atoms with Gasteiger partial charge >= 0.3 is 18.0 Å². The Labute approximate surface area is 351 Å². The number of benzene rings is 2. The molecular formula is C40H49ClF2N4O10S2. The van der Waals surface area contributed by atoms with E-state index in [1.54, 1.807) is 61.5 Å². The fourth-order valence-corrected chi connectivity index (χ4v) is 10.2. The maximum atomic E-state index is 16.3. The second kappa shape index (κ2) is 17.2. The predicted molar refractivity (Wildman–Crippen MR) is 219 cm³/mol. The first-order valence-electron chi connectivity index (χ1n) is 18.8. The van der Waals surface area contributed by atoms with E-state index >= 15 is 4.39 Å². The van der Waals surface area contributed by atoms with Gasteiger partial charge in [-0.25, -0.2) is 31.6 Å². The minimum atomic E-state index is -3.99. The number of sulfonamides is 1. The molecule has 2 amide bonds. The zero-order chi connectivity index (χ0) is 43.8. The summed E-state index contributed by atoms with van der Waals surface area (Å²) >= 11 is 7.40. The van der Waals surface area contributed by atoms with Gasteiger partial charge < -0.3 is 34.9 Å². The molecule has 3 heterocycles. The third kappa shape index (κ3) is 11.2. The van der Waals surface area contributed by atoms with Crippen LogP contribution in [-0.2, 0) is 34.8 Å². The molecule has 1 atom stereocenters. The number of halogens is 3. The van der Waals surface area contributed by atoms with Crippen molar-refractivity contribution in [3.8, 4) is 16.2 Å². The van der Waals surface area contributed by atoms with Crippen LogP contribution in [0.1, 0.15) is 83.5 Å². The second-order valence-corrected chi connectivity index (χ2v) is 20.4. The Morgan fingerprint density at radius 3 is 2.27 bits per heavy atom. The van der Waals surface area contributed by atoms with Crippen LogP contribution in [0, 0.1) is 17.6 Å². The Morgan fingerprint density at radius 2 is 1.66 bits per heavy atom. The number of rotatable bonds is 12. The van der Waals surface area contributed by atoms with Crippen LogP contribution in [0.4, 0.5) is 25.0 Å². The van der Waals surface area contributed by atoms with Crippen molar-refractivity contribution < 1.29 is 55.7 Å². The largest absolute Gasteiger partial charge is 0.479 e. The maximum Gasteiger partial charge on any atom is 0.410 e. The molecule has 3 aromatic rings. The van der Waals surface area contributed by atoms with E-state index in [0.29, 0.717) is 6.42 Å². The molecule has 5 rings (SSSR count). The first-order valence-corrected chi connectivity index (χ1v) is 21.6. The number of ether oxygens (including phenoxy) is 3. The molecule has 322 valence electrons. The number of anilines is 2. The van der Waals surface area contributed by atoms with Crippen molar-refractivity contribution in [3.05, 3.63) is 63.5 Å². The first kappa shape index (κ1) is 45.6. The molecule has 2 saturated heterocycles. The summed E-state index contributed by atoms with van der Waals surface area (Å²) in [4.78, 5) is 50.8. The summed E-state index contributed by atoms with van der Waals surface area (Å²) in [5, 5.41) is 14.8. The van der Waals surface area contributed by atoms with E-state index in [1.165, 1.54) is 33.5 Å². The molecule has 2 aromatic carbocycles. The fraction of sp³-hybridized carbons (Fsp3) is 0.500. The zero-order valence-corrected chi connectivity index (χ0v) is 36.4. The molecule has 2 aliphatic rings. The maximum absolute atomic E-state index is 16.3. The molecule has 0 bridgehead atoms. The van der Waals surface area contributed by atoms with Crippen molar-refractivity contribution in [2.75, 3.05) is 36.9 Å². The molecule has 0 saturated carbocycles. The van der Waals surface area contributed by atoms with Crippen LogP contribution in [0.25, 0.3) is 10.4 Å². The number of hydrogen-bond donors (Lipinski definition) is 3. The number of piperidine rings is 1. The van der Waals surface area contributed by atoms with Gasteiger partial charge in [0.15, 0.2) is 23.1 Å². The lowest BCUT2D eigenvalue weighted by molar-refractivity contribution is -0.139. The summed E-state index contributed by atoms with van der Waals surface area (Å²) in [6.07, 6.45) is 0.0221. The van der Waals surface area contributed by atoms with E-state index in [4.69, 9.17) is 25.8 Å². The molecule has 59 heavy (non-hydrogen) atoms. The SMILES string of the molecule is CC(C)(C)OC(=O)c1sc(-c2cccc(N[C@H]3CCN(S(=O)(=O)Cc4ccc(F)c(NC(=O)C5CN(C(=O)OC(C)(C)C)C5)c4)C(C)(C)C3)c2F)c(Cl)c1OCC(=O)O. The number of esters is 1. The average molecular weight is 883 g/mol. The standard InChI is InChI=1S/C40H49ClF2N4O10S2/c1-38(2,3)56-36(51)34-32(55-20-29(48)49)30(41)33(58-34)25-10-9-11-27(31(25)43)44-24-14-15-47(40(7,8)17-24)59(53,54)21-22-12-13-26(42)28(16-22)45-35(50)23-18-46(19-23)37(52)57-39(4,5)6/h9-13,16,23-24,44H,14-15,17-21H2,1-8H3,(H,45,50)(H,48,49)/t24-/m0/s1. The molecule has 0 radical (unpaired) electrons. The zero-order valence-electron chi connectivity index (χ0n) is 34.0. The number of hydrogen-bond acceptors (Lipinski definition) is 11. The number of aliphatic carboxylic acids is 1. The lowest BCUT2D eigenvalue weighted by atomic mass is 9.89. The van der Waals surface area contributed by atoms with Gasteiger partial charge in [0.2, 0.25) is 15.9 Å². The van der Waals surface area contributed by atoms with E-state index in [2.05, 4.69) is 10.6 Å². The molecule has 14 nitrogen and oxygen atoms in total. The number of carbonyl (C=O) groups is 4. The van der Waals surface area contributed by atoms with Gasteiger partial charge in [-0.3, -0.25) is 4.79 Å². The molecule has 3 N–H and O–H groups in total. The highest BCUT2D eigenvalue weighted by Gasteiger charge is 2.42. The van der Waals surface area contributed by atoms with E-state index in [9.17, 15) is 37.1 Å². The van der Waals surface area contributed by atoms with Gasteiger partial charge in [-0.05, 0) is 92.0 Å². The molecule has 0 unspecified atom stereocenters. The number of thiophene rings is 1. The van der Waals surface area contributed by atoms with Gasteiger partial charge in [0.25, 0.3) is 0 Å².